The van der Waals surface area contributed by atoms with Crippen LogP contribution in [-0.4, -0.2) is 23.1 Å². The van der Waals surface area contributed by atoms with Crippen LogP contribution in [-0.2, 0) is 11.3 Å². The third-order valence-electron chi connectivity index (χ3n) is 4.59. The van der Waals surface area contributed by atoms with Crippen LogP contribution in [0.4, 0.5) is 0 Å². The number of benzene rings is 2. The molecule has 0 aliphatic heterocycles. The summed E-state index contributed by atoms with van der Waals surface area (Å²) in [4.78, 5) is 24.8. The maximum Gasteiger partial charge on any atom is 0.343 e. The number of nitrogens with zero attached hydrogens (tertiary/aromatic N) is 1. The van der Waals surface area contributed by atoms with Gasteiger partial charge in [0.1, 0.15) is 5.75 Å². The Bertz CT molecular complexity index is 999. The average Bonchev–Trinajstić information content (AvgIpc) is 2.92. The van der Waals surface area contributed by atoms with E-state index in [1.807, 2.05) is 43.5 Å². The summed E-state index contributed by atoms with van der Waals surface area (Å²) >= 11 is 0. The van der Waals surface area contributed by atoms with Gasteiger partial charge in [0.15, 0.2) is 0 Å². The van der Waals surface area contributed by atoms with Crippen molar-refractivity contribution in [3.05, 3.63) is 64.8 Å². The minimum Gasteiger partial charge on any atom is -0.462 e. The van der Waals surface area contributed by atoms with E-state index in [0.717, 1.165) is 28.7 Å². The predicted octanol–water partition coefficient (Wildman–Crippen LogP) is 4.67. The van der Waals surface area contributed by atoms with E-state index in [1.165, 1.54) is 0 Å². The Labute approximate surface area is 158 Å². The van der Waals surface area contributed by atoms with Crippen molar-refractivity contribution >= 4 is 22.8 Å². The van der Waals surface area contributed by atoms with Gasteiger partial charge >= 0.3 is 11.9 Å². The van der Waals surface area contributed by atoms with Crippen molar-refractivity contribution in [3.8, 4) is 5.75 Å². The zero-order valence-corrected chi connectivity index (χ0v) is 16.0. The van der Waals surface area contributed by atoms with Gasteiger partial charge in [0.25, 0.3) is 0 Å². The molecule has 0 unspecified atom stereocenters. The number of aryl methyl sites for hydroxylation is 2. The zero-order valence-electron chi connectivity index (χ0n) is 16.0. The van der Waals surface area contributed by atoms with E-state index >= 15 is 0 Å². The topological polar surface area (TPSA) is 57.5 Å². The number of aromatic nitrogens is 1. The van der Waals surface area contributed by atoms with E-state index in [4.69, 9.17) is 9.47 Å². The van der Waals surface area contributed by atoms with Crippen LogP contribution < -0.4 is 4.74 Å². The van der Waals surface area contributed by atoms with E-state index in [0.29, 0.717) is 23.5 Å². The van der Waals surface area contributed by atoms with Crippen molar-refractivity contribution in [1.82, 2.24) is 4.57 Å². The lowest BCUT2D eigenvalue weighted by Gasteiger charge is -2.06. The highest BCUT2D eigenvalue weighted by molar-refractivity contribution is 6.06. The lowest BCUT2D eigenvalue weighted by molar-refractivity contribution is 0.0527. The summed E-state index contributed by atoms with van der Waals surface area (Å²) in [7, 11) is 0. The maximum absolute atomic E-state index is 12.5. The Balaban J connectivity index is 2.00. The highest BCUT2D eigenvalue weighted by Crippen LogP contribution is 2.30. The van der Waals surface area contributed by atoms with Crippen LogP contribution in [0, 0.1) is 13.8 Å². The summed E-state index contributed by atoms with van der Waals surface area (Å²) < 4.78 is 12.8. The molecule has 0 saturated carbocycles. The number of esters is 2. The van der Waals surface area contributed by atoms with Gasteiger partial charge in [-0.25, -0.2) is 9.59 Å². The molecule has 0 spiro atoms. The molecule has 5 heteroatoms. The first kappa shape index (κ1) is 18.7. The molecule has 140 valence electrons. The number of hydrogen-bond donors (Lipinski definition) is 0. The third kappa shape index (κ3) is 3.58. The Morgan fingerprint density at radius 3 is 2.30 bits per heavy atom. The van der Waals surface area contributed by atoms with Gasteiger partial charge in [-0.3, -0.25) is 0 Å². The van der Waals surface area contributed by atoms with Gasteiger partial charge < -0.3 is 14.0 Å². The largest absolute Gasteiger partial charge is 0.462 e. The predicted molar refractivity (Wildman–Crippen MR) is 104 cm³/mol. The normalized spacial score (nSPS) is 10.8. The number of rotatable bonds is 5. The lowest BCUT2D eigenvalue weighted by atomic mass is 10.1. The van der Waals surface area contributed by atoms with Crippen LogP contribution in [0.1, 0.15) is 45.8 Å². The summed E-state index contributed by atoms with van der Waals surface area (Å²) in [6.45, 7) is 8.69. The van der Waals surface area contributed by atoms with Gasteiger partial charge in [-0.2, -0.15) is 0 Å². The summed E-state index contributed by atoms with van der Waals surface area (Å²) in [5, 5.41) is 0.724. The Kier molecular flexibility index (Phi) is 5.31. The molecule has 0 aliphatic rings. The maximum atomic E-state index is 12.5. The van der Waals surface area contributed by atoms with Crippen molar-refractivity contribution < 1.29 is 19.1 Å². The number of carbonyl (C=O) groups is 2. The van der Waals surface area contributed by atoms with E-state index in [-0.39, 0.29) is 5.97 Å². The molecule has 0 fully saturated rings. The van der Waals surface area contributed by atoms with Crippen LogP contribution >= 0.6 is 0 Å². The first-order valence-corrected chi connectivity index (χ1v) is 9.05. The van der Waals surface area contributed by atoms with Crippen LogP contribution in [0.2, 0.25) is 0 Å². The summed E-state index contributed by atoms with van der Waals surface area (Å²) in [5.41, 5.74) is 3.82. The molecular weight excluding hydrogens is 342 g/mol. The molecule has 1 aromatic heterocycles. The van der Waals surface area contributed by atoms with Gasteiger partial charge in [-0.1, -0.05) is 17.7 Å². The first-order valence-electron chi connectivity index (χ1n) is 9.05. The quantitative estimate of drug-likeness (QED) is 0.487. The summed E-state index contributed by atoms with van der Waals surface area (Å²) in [6, 6.07) is 12.5. The Morgan fingerprint density at radius 1 is 0.963 bits per heavy atom. The number of hydrogen-bond acceptors (Lipinski definition) is 4. The second kappa shape index (κ2) is 7.66. The van der Waals surface area contributed by atoms with Crippen molar-refractivity contribution in [2.75, 3.05) is 6.61 Å². The molecule has 0 N–H and O–H groups in total. The highest BCUT2D eigenvalue weighted by Gasteiger charge is 2.21. The smallest absolute Gasteiger partial charge is 0.343 e. The SMILES string of the molecule is CCOC(=O)c1c(C)n(CC)c2ccc(OC(=O)c3ccc(C)cc3)cc12. The van der Waals surface area contributed by atoms with Crippen LogP contribution in [0.25, 0.3) is 10.9 Å². The third-order valence-corrected chi connectivity index (χ3v) is 4.59. The van der Waals surface area contributed by atoms with Crippen molar-refractivity contribution in [2.45, 2.75) is 34.2 Å². The van der Waals surface area contributed by atoms with E-state index in [9.17, 15) is 9.59 Å². The molecule has 3 rings (SSSR count). The number of carbonyl (C=O) groups excluding carboxylic acids is 2. The fourth-order valence-corrected chi connectivity index (χ4v) is 3.25. The second-order valence-electron chi connectivity index (χ2n) is 6.36. The minimum absolute atomic E-state index is 0.305. The van der Waals surface area contributed by atoms with Gasteiger partial charge in [0.2, 0.25) is 0 Å². The Hall–Kier alpha value is -3.08. The number of fused-ring (bicyclic) bond motifs is 1. The lowest BCUT2D eigenvalue weighted by Crippen LogP contribution is -2.08. The van der Waals surface area contributed by atoms with E-state index < -0.39 is 5.97 Å². The molecule has 0 saturated heterocycles. The van der Waals surface area contributed by atoms with Gasteiger partial charge in [-0.05, 0) is 58.0 Å². The molecule has 0 bridgehead atoms. The monoisotopic (exact) mass is 365 g/mol. The van der Waals surface area contributed by atoms with E-state index in [1.54, 1.807) is 31.2 Å². The molecule has 3 aromatic rings. The van der Waals surface area contributed by atoms with Crippen molar-refractivity contribution in [2.24, 2.45) is 0 Å². The first-order chi connectivity index (χ1) is 13.0. The van der Waals surface area contributed by atoms with Crippen molar-refractivity contribution in [1.29, 1.82) is 0 Å². The van der Waals surface area contributed by atoms with Gasteiger partial charge in [-0.15, -0.1) is 0 Å². The summed E-state index contributed by atoms with van der Waals surface area (Å²) in [5.74, 6) is -0.403. The molecule has 27 heavy (non-hydrogen) atoms. The number of ether oxygens (including phenoxy) is 2. The van der Waals surface area contributed by atoms with Crippen molar-refractivity contribution in [3.63, 3.8) is 0 Å². The Morgan fingerprint density at radius 2 is 1.67 bits per heavy atom. The summed E-state index contributed by atoms with van der Waals surface area (Å²) in [6.07, 6.45) is 0. The molecular formula is C22H23NO4. The fourth-order valence-electron chi connectivity index (χ4n) is 3.25. The molecule has 2 aromatic carbocycles. The second-order valence-corrected chi connectivity index (χ2v) is 6.36. The van der Waals surface area contributed by atoms with Gasteiger partial charge in [0, 0.05) is 23.1 Å². The highest BCUT2D eigenvalue weighted by atomic mass is 16.5. The molecule has 0 aliphatic carbocycles. The van der Waals surface area contributed by atoms with Crippen LogP contribution in [0.5, 0.6) is 5.75 Å². The zero-order chi connectivity index (χ0) is 19.6. The van der Waals surface area contributed by atoms with E-state index in [2.05, 4.69) is 0 Å². The van der Waals surface area contributed by atoms with Crippen LogP contribution in [0.15, 0.2) is 42.5 Å². The fraction of sp³-hybridized carbons (Fsp3) is 0.273. The molecule has 5 nitrogen and oxygen atoms in total. The van der Waals surface area contributed by atoms with Gasteiger partial charge in [0.05, 0.1) is 17.7 Å². The molecule has 1 heterocycles. The minimum atomic E-state index is -0.432. The standard InChI is InChI=1S/C22H23NO4/c1-5-23-15(4)20(22(25)26-6-2)18-13-17(11-12-19(18)23)27-21(24)16-9-7-14(3)8-10-16/h7-13H,5-6H2,1-4H3. The molecule has 0 radical (unpaired) electrons. The van der Waals surface area contributed by atoms with Crippen LogP contribution in [0.3, 0.4) is 0 Å². The molecule has 0 atom stereocenters. The average molecular weight is 365 g/mol. The molecule has 0 amide bonds.